The van der Waals surface area contributed by atoms with Crippen LogP contribution in [0.4, 0.5) is 10.3 Å². The SMILES string of the molecule is CC(C)c1c(Br)c(F)c2cnc(N)nn12. The number of nitrogens with zero attached hydrogens (tertiary/aromatic N) is 3. The molecule has 6 heteroatoms. The molecule has 4 nitrogen and oxygen atoms in total. The summed E-state index contributed by atoms with van der Waals surface area (Å²) in [6.07, 6.45) is 1.38. The highest BCUT2D eigenvalue weighted by Crippen LogP contribution is 2.31. The van der Waals surface area contributed by atoms with Gasteiger partial charge in [-0.1, -0.05) is 13.8 Å². The zero-order valence-electron chi connectivity index (χ0n) is 8.33. The average Bonchev–Trinajstić information content (AvgIpc) is 2.39. The summed E-state index contributed by atoms with van der Waals surface area (Å²) in [6.45, 7) is 3.93. The van der Waals surface area contributed by atoms with E-state index in [1.807, 2.05) is 13.8 Å². The van der Waals surface area contributed by atoms with Crippen molar-refractivity contribution in [1.82, 2.24) is 14.6 Å². The van der Waals surface area contributed by atoms with Gasteiger partial charge in [-0.25, -0.2) is 13.9 Å². The van der Waals surface area contributed by atoms with Gasteiger partial charge in [0.05, 0.1) is 16.4 Å². The van der Waals surface area contributed by atoms with Gasteiger partial charge in [-0.15, -0.1) is 5.10 Å². The molecule has 0 unspecified atom stereocenters. The third-order valence-electron chi connectivity index (χ3n) is 2.17. The van der Waals surface area contributed by atoms with E-state index >= 15 is 0 Å². The fourth-order valence-electron chi connectivity index (χ4n) is 1.51. The van der Waals surface area contributed by atoms with Crippen LogP contribution in [0.1, 0.15) is 25.5 Å². The number of rotatable bonds is 1. The quantitative estimate of drug-likeness (QED) is 0.867. The van der Waals surface area contributed by atoms with Crippen LogP contribution in [-0.2, 0) is 0 Å². The highest BCUT2D eigenvalue weighted by atomic mass is 79.9. The van der Waals surface area contributed by atoms with Crippen LogP contribution in [-0.4, -0.2) is 14.6 Å². The van der Waals surface area contributed by atoms with Crippen LogP contribution < -0.4 is 5.73 Å². The van der Waals surface area contributed by atoms with Crippen molar-refractivity contribution in [3.8, 4) is 0 Å². The van der Waals surface area contributed by atoms with Gasteiger partial charge in [-0.05, 0) is 21.8 Å². The minimum atomic E-state index is -0.348. The Morgan fingerprint density at radius 2 is 2.20 bits per heavy atom. The van der Waals surface area contributed by atoms with Gasteiger partial charge in [-0.2, -0.15) is 0 Å². The molecule has 0 aliphatic carbocycles. The van der Waals surface area contributed by atoms with Crippen LogP contribution in [0.3, 0.4) is 0 Å². The molecule has 15 heavy (non-hydrogen) atoms. The third kappa shape index (κ3) is 1.49. The molecule has 0 spiro atoms. The van der Waals surface area contributed by atoms with Crippen molar-refractivity contribution in [2.24, 2.45) is 0 Å². The van der Waals surface area contributed by atoms with Gasteiger partial charge in [0.15, 0.2) is 5.82 Å². The third-order valence-corrected chi connectivity index (χ3v) is 2.92. The first-order chi connectivity index (χ1) is 7.02. The molecule has 0 amide bonds. The van der Waals surface area contributed by atoms with E-state index in [2.05, 4.69) is 26.0 Å². The lowest BCUT2D eigenvalue weighted by molar-refractivity contribution is 0.632. The molecule has 0 saturated carbocycles. The lowest BCUT2D eigenvalue weighted by Crippen LogP contribution is -2.04. The Labute approximate surface area is 94.4 Å². The molecule has 2 N–H and O–H groups in total. The van der Waals surface area contributed by atoms with Crippen LogP contribution in [0.15, 0.2) is 10.7 Å². The summed E-state index contributed by atoms with van der Waals surface area (Å²) in [6, 6.07) is 0. The van der Waals surface area contributed by atoms with Crippen molar-refractivity contribution in [1.29, 1.82) is 0 Å². The second kappa shape index (κ2) is 3.44. The van der Waals surface area contributed by atoms with Gasteiger partial charge in [-0.3, -0.25) is 0 Å². The van der Waals surface area contributed by atoms with Crippen molar-refractivity contribution >= 4 is 27.4 Å². The minimum absolute atomic E-state index is 0.131. The number of nitrogens with two attached hydrogens (primary N) is 1. The Kier molecular flexibility index (Phi) is 2.38. The Balaban J connectivity index is 2.88. The average molecular weight is 273 g/mol. The molecule has 0 saturated heterocycles. The summed E-state index contributed by atoms with van der Waals surface area (Å²) >= 11 is 3.21. The van der Waals surface area contributed by atoms with Crippen molar-refractivity contribution in [2.75, 3.05) is 5.73 Å². The fraction of sp³-hybridized carbons (Fsp3) is 0.333. The van der Waals surface area contributed by atoms with E-state index in [-0.39, 0.29) is 17.7 Å². The first kappa shape index (κ1) is 10.4. The zero-order valence-corrected chi connectivity index (χ0v) is 9.92. The molecule has 80 valence electrons. The van der Waals surface area contributed by atoms with E-state index in [1.165, 1.54) is 10.7 Å². The van der Waals surface area contributed by atoms with E-state index in [4.69, 9.17) is 5.73 Å². The molecule has 0 aliphatic heterocycles. The Morgan fingerprint density at radius 3 is 2.80 bits per heavy atom. The molecule has 0 aliphatic rings. The second-order valence-electron chi connectivity index (χ2n) is 3.58. The zero-order chi connectivity index (χ0) is 11.2. The molecule has 2 aromatic rings. The van der Waals surface area contributed by atoms with Crippen LogP contribution in [0.5, 0.6) is 0 Å². The molecule has 0 radical (unpaired) electrons. The van der Waals surface area contributed by atoms with E-state index in [0.29, 0.717) is 9.99 Å². The summed E-state index contributed by atoms with van der Waals surface area (Å²) in [4.78, 5) is 3.77. The Morgan fingerprint density at radius 1 is 1.53 bits per heavy atom. The number of fused-ring (bicyclic) bond motifs is 1. The molecule has 0 bridgehead atoms. The van der Waals surface area contributed by atoms with Gasteiger partial charge in [0, 0.05) is 0 Å². The molecular weight excluding hydrogens is 263 g/mol. The maximum atomic E-state index is 13.7. The van der Waals surface area contributed by atoms with Gasteiger partial charge in [0.2, 0.25) is 5.95 Å². The van der Waals surface area contributed by atoms with Crippen LogP contribution in [0, 0.1) is 5.82 Å². The molecule has 2 heterocycles. The smallest absolute Gasteiger partial charge is 0.238 e. The second-order valence-corrected chi connectivity index (χ2v) is 4.37. The summed E-state index contributed by atoms with van der Waals surface area (Å²) < 4.78 is 15.6. The Bertz CT molecular complexity index is 520. The predicted octanol–water partition coefficient (Wildman–Crippen LogP) is 2.34. The summed E-state index contributed by atoms with van der Waals surface area (Å²) in [7, 11) is 0. The maximum absolute atomic E-state index is 13.7. The normalized spacial score (nSPS) is 11.5. The standard InChI is InChI=1S/C9H10BrFN4/c1-4(2)8-6(10)7(11)5-3-13-9(12)14-15(5)8/h3-4H,1-2H3,(H2,12,14). The number of hydrogen-bond acceptors (Lipinski definition) is 3. The number of halogens is 2. The van der Waals surface area contributed by atoms with E-state index < -0.39 is 0 Å². The van der Waals surface area contributed by atoms with Crippen molar-refractivity contribution in [3.05, 3.63) is 22.2 Å². The molecule has 0 fully saturated rings. The Hall–Kier alpha value is -1.17. The van der Waals surface area contributed by atoms with Crippen molar-refractivity contribution in [3.63, 3.8) is 0 Å². The summed E-state index contributed by atoms with van der Waals surface area (Å²) in [5, 5.41) is 3.99. The number of anilines is 1. The van der Waals surface area contributed by atoms with Crippen LogP contribution >= 0.6 is 15.9 Å². The van der Waals surface area contributed by atoms with E-state index in [0.717, 1.165) is 5.69 Å². The van der Waals surface area contributed by atoms with Crippen molar-refractivity contribution in [2.45, 2.75) is 19.8 Å². The number of nitrogen functional groups attached to an aromatic ring is 1. The maximum Gasteiger partial charge on any atom is 0.238 e. The highest BCUT2D eigenvalue weighted by molar-refractivity contribution is 9.10. The van der Waals surface area contributed by atoms with Crippen LogP contribution in [0.2, 0.25) is 0 Å². The van der Waals surface area contributed by atoms with Gasteiger partial charge >= 0.3 is 0 Å². The van der Waals surface area contributed by atoms with Gasteiger partial charge in [0.25, 0.3) is 0 Å². The summed E-state index contributed by atoms with van der Waals surface area (Å²) in [5.74, 6) is -0.0729. The topological polar surface area (TPSA) is 56.2 Å². The lowest BCUT2D eigenvalue weighted by atomic mass is 10.1. The molecule has 0 atom stereocenters. The fourth-order valence-corrected chi connectivity index (χ4v) is 2.34. The van der Waals surface area contributed by atoms with Gasteiger partial charge in [0.1, 0.15) is 5.52 Å². The first-order valence-electron chi connectivity index (χ1n) is 4.50. The van der Waals surface area contributed by atoms with Crippen LogP contribution in [0.25, 0.3) is 5.52 Å². The minimum Gasteiger partial charge on any atom is -0.367 e. The van der Waals surface area contributed by atoms with E-state index in [1.54, 1.807) is 0 Å². The monoisotopic (exact) mass is 272 g/mol. The number of hydrogen-bond donors (Lipinski definition) is 1. The lowest BCUT2D eigenvalue weighted by Gasteiger charge is -2.05. The first-order valence-corrected chi connectivity index (χ1v) is 5.29. The van der Waals surface area contributed by atoms with Crippen molar-refractivity contribution < 1.29 is 4.39 Å². The molecule has 2 rings (SSSR count). The van der Waals surface area contributed by atoms with E-state index in [9.17, 15) is 4.39 Å². The summed E-state index contributed by atoms with van der Waals surface area (Å²) in [5.41, 5.74) is 6.57. The largest absolute Gasteiger partial charge is 0.367 e. The molecule has 2 aromatic heterocycles. The molecule has 0 aromatic carbocycles. The predicted molar refractivity (Wildman–Crippen MR) is 59.1 cm³/mol. The molecular formula is C9H10BrFN4. The van der Waals surface area contributed by atoms with Gasteiger partial charge < -0.3 is 5.73 Å². The highest BCUT2D eigenvalue weighted by Gasteiger charge is 2.19. The number of aromatic nitrogens is 3.